The van der Waals surface area contributed by atoms with Crippen molar-refractivity contribution in [3.05, 3.63) is 11.4 Å². The Balaban J connectivity index is 1.88. The van der Waals surface area contributed by atoms with Gasteiger partial charge in [0.25, 0.3) is 0 Å². The molecule has 3 N–H and O–H groups in total. The molecular formula is C15H27N5. The van der Waals surface area contributed by atoms with Crippen molar-refractivity contribution < 1.29 is 0 Å². The third-order valence-electron chi connectivity index (χ3n) is 3.98. The van der Waals surface area contributed by atoms with Crippen LogP contribution in [0.4, 0.5) is 11.6 Å². The van der Waals surface area contributed by atoms with Crippen LogP contribution in [0.15, 0.2) is 0 Å². The van der Waals surface area contributed by atoms with Crippen molar-refractivity contribution in [1.29, 1.82) is 0 Å². The van der Waals surface area contributed by atoms with Crippen LogP contribution >= 0.6 is 0 Å². The number of anilines is 2. The number of nitrogens with zero attached hydrogens (tertiary/aromatic N) is 3. The van der Waals surface area contributed by atoms with Gasteiger partial charge in [0.2, 0.25) is 0 Å². The van der Waals surface area contributed by atoms with Gasteiger partial charge in [-0.15, -0.1) is 0 Å². The number of nitrogens with two attached hydrogens (primary N) is 1. The molecule has 0 unspecified atom stereocenters. The van der Waals surface area contributed by atoms with Crippen molar-refractivity contribution in [3.63, 3.8) is 0 Å². The van der Waals surface area contributed by atoms with E-state index in [1.807, 2.05) is 6.92 Å². The molecule has 1 aliphatic carbocycles. The summed E-state index contributed by atoms with van der Waals surface area (Å²) in [6, 6.07) is 0. The molecule has 1 aromatic rings. The minimum Gasteiger partial charge on any atom is -0.383 e. The average molecular weight is 277 g/mol. The quantitative estimate of drug-likeness (QED) is 0.714. The fourth-order valence-corrected chi connectivity index (χ4v) is 2.30. The van der Waals surface area contributed by atoms with Gasteiger partial charge >= 0.3 is 0 Å². The second kappa shape index (κ2) is 6.88. The van der Waals surface area contributed by atoms with Crippen LogP contribution in [0.5, 0.6) is 0 Å². The van der Waals surface area contributed by atoms with Gasteiger partial charge in [-0.2, -0.15) is 0 Å². The zero-order chi connectivity index (χ0) is 14.5. The van der Waals surface area contributed by atoms with E-state index >= 15 is 0 Å². The monoisotopic (exact) mass is 277 g/mol. The summed E-state index contributed by atoms with van der Waals surface area (Å²) in [5.41, 5.74) is 6.95. The van der Waals surface area contributed by atoms with Crippen LogP contribution in [0.3, 0.4) is 0 Å². The van der Waals surface area contributed by atoms with E-state index in [0.29, 0.717) is 11.7 Å². The Kier molecular flexibility index (Phi) is 5.17. The summed E-state index contributed by atoms with van der Waals surface area (Å²) < 4.78 is 0. The van der Waals surface area contributed by atoms with Gasteiger partial charge < -0.3 is 16.0 Å². The van der Waals surface area contributed by atoms with Crippen molar-refractivity contribution in [3.8, 4) is 0 Å². The first kappa shape index (κ1) is 15.0. The zero-order valence-electron chi connectivity index (χ0n) is 12.9. The second-order valence-electron chi connectivity index (χ2n) is 5.52. The molecule has 112 valence electrons. The number of nitrogen functional groups attached to an aromatic ring is 1. The molecule has 0 spiro atoms. The first-order valence-electron chi connectivity index (χ1n) is 7.75. The summed E-state index contributed by atoms with van der Waals surface area (Å²) in [7, 11) is 0. The van der Waals surface area contributed by atoms with Crippen LogP contribution < -0.4 is 11.1 Å². The van der Waals surface area contributed by atoms with Gasteiger partial charge in [-0.25, -0.2) is 9.97 Å². The lowest BCUT2D eigenvalue weighted by atomic mass is 10.2. The highest BCUT2D eigenvalue weighted by atomic mass is 15.1. The van der Waals surface area contributed by atoms with Gasteiger partial charge in [0.15, 0.2) is 0 Å². The predicted molar refractivity (Wildman–Crippen MR) is 84.1 cm³/mol. The van der Waals surface area contributed by atoms with Crippen LogP contribution in [0.1, 0.15) is 50.4 Å². The van der Waals surface area contributed by atoms with Crippen LogP contribution in [0.25, 0.3) is 0 Å². The van der Waals surface area contributed by atoms with Crippen molar-refractivity contribution in [2.75, 3.05) is 37.2 Å². The van der Waals surface area contributed by atoms with E-state index in [1.165, 1.54) is 12.8 Å². The van der Waals surface area contributed by atoms with Crippen molar-refractivity contribution in [1.82, 2.24) is 14.9 Å². The molecule has 2 rings (SSSR count). The van der Waals surface area contributed by atoms with Gasteiger partial charge in [-0.05, 0) is 45.8 Å². The Morgan fingerprint density at radius 3 is 2.55 bits per heavy atom. The van der Waals surface area contributed by atoms with Crippen LogP contribution in [-0.2, 0) is 0 Å². The molecule has 1 heterocycles. The van der Waals surface area contributed by atoms with E-state index in [1.54, 1.807) is 0 Å². The maximum absolute atomic E-state index is 5.98. The summed E-state index contributed by atoms with van der Waals surface area (Å²) in [6.45, 7) is 10.7. The van der Waals surface area contributed by atoms with Gasteiger partial charge in [0.05, 0.1) is 0 Å². The SMILES string of the molecule is CCN(CC)CCCNc1nc(C2CC2)nc(N)c1C. The number of nitrogens with one attached hydrogen (secondary N) is 1. The zero-order valence-corrected chi connectivity index (χ0v) is 12.9. The molecule has 0 aromatic carbocycles. The standard InChI is InChI=1S/C15H27N5/c1-4-20(5-2)10-6-9-17-14-11(3)13(16)18-15(19-14)12-7-8-12/h12H,4-10H2,1-3H3,(H3,16,17,18,19). The maximum atomic E-state index is 5.98. The van der Waals surface area contributed by atoms with E-state index in [2.05, 4.69) is 34.0 Å². The van der Waals surface area contributed by atoms with Crippen LogP contribution in [0.2, 0.25) is 0 Å². The van der Waals surface area contributed by atoms with E-state index in [0.717, 1.165) is 49.8 Å². The third kappa shape index (κ3) is 3.82. The van der Waals surface area contributed by atoms with Crippen molar-refractivity contribution >= 4 is 11.6 Å². The van der Waals surface area contributed by atoms with Crippen LogP contribution in [0, 0.1) is 6.92 Å². The minimum absolute atomic E-state index is 0.536. The maximum Gasteiger partial charge on any atom is 0.136 e. The van der Waals surface area contributed by atoms with Gasteiger partial charge in [-0.3, -0.25) is 0 Å². The largest absolute Gasteiger partial charge is 0.383 e. The van der Waals surface area contributed by atoms with Gasteiger partial charge in [0, 0.05) is 18.0 Å². The first-order valence-corrected chi connectivity index (χ1v) is 7.75. The Bertz CT molecular complexity index is 438. The Labute approximate surface area is 122 Å². The summed E-state index contributed by atoms with van der Waals surface area (Å²) >= 11 is 0. The number of hydrogen-bond donors (Lipinski definition) is 2. The fraction of sp³-hybridized carbons (Fsp3) is 0.733. The molecule has 0 aliphatic heterocycles. The molecule has 0 radical (unpaired) electrons. The average Bonchev–Trinajstić information content (AvgIpc) is 3.27. The minimum atomic E-state index is 0.536. The Morgan fingerprint density at radius 1 is 1.25 bits per heavy atom. The normalized spacial score (nSPS) is 14.8. The topological polar surface area (TPSA) is 67.1 Å². The summed E-state index contributed by atoms with van der Waals surface area (Å²) in [5.74, 6) is 2.99. The number of aromatic nitrogens is 2. The molecule has 0 bridgehead atoms. The van der Waals surface area contributed by atoms with Crippen molar-refractivity contribution in [2.24, 2.45) is 0 Å². The molecule has 1 fully saturated rings. The molecule has 0 atom stereocenters. The second-order valence-corrected chi connectivity index (χ2v) is 5.52. The van der Waals surface area contributed by atoms with E-state index < -0.39 is 0 Å². The fourth-order valence-electron chi connectivity index (χ4n) is 2.30. The summed E-state index contributed by atoms with van der Waals surface area (Å²) in [6.07, 6.45) is 3.51. The molecule has 20 heavy (non-hydrogen) atoms. The van der Waals surface area contributed by atoms with Crippen LogP contribution in [-0.4, -0.2) is 41.0 Å². The number of hydrogen-bond acceptors (Lipinski definition) is 5. The lowest BCUT2D eigenvalue weighted by Gasteiger charge is -2.18. The highest BCUT2D eigenvalue weighted by molar-refractivity contribution is 5.55. The molecule has 1 saturated carbocycles. The van der Waals surface area contributed by atoms with Crippen molar-refractivity contribution in [2.45, 2.75) is 46.0 Å². The molecule has 5 nitrogen and oxygen atoms in total. The molecule has 1 aromatic heterocycles. The Morgan fingerprint density at radius 2 is 1.95 bits per heavy atom. The predicted octanol–water partition coefficient (Wildman–Crippen LogP) is 2.39. The summed E-state index contributed by atoms with van der Waals surface area (Å²) in [4.78, 5) is 11.5. The lowest BCUT2D eigenvalue weighted by Crippen LogP contribution is -2.25. The molecular weight excluding hydrogens is 250 g/mol. The molecule has 1 aliphatic rings. The highest BCUT2D eigenvalue weighted by Gasteiger charge is 2.27. The lowest BCUT2D eigenvalue weighted by molar-refractivity contribution is 0.303. The Hall–Kier alpha value is -1.36. The van der Waals surface area contributed by atoms with Gasteiger partial charge in [0.1, 0.15) is 17.5 Å². The molecule has 0 amide bonds. The molecule has 5 heteroatoms. The molecule has 0 saturated heterocycles. The van der Waals surface area contributed by atoms with E-state index in [4.69, 9.17) is 5.73 Å². The third-order valence-corrected chi connectivity index (χ3v) is 3.98. The number of rotatable bonds is 8. The van der Waals surface area contributed by atoms with E-state index in [-0.39, 0.29) is 0 Å². The van der Waals surface area contributed by atoms with E-state index in [9.17, 15) is 0 Å². The first-order chi connectivity index (χ1) is 9.65. The summed E-state index contributed by atoms with van der Waals surface area (Å²) in [5, 5.41) is 3.42. The smallest absolute Gasteiger partial charge is 0.136 e. The van der Waals surface area contributed by atoms with Gasteiger partial charge in [-0.1, -0.05) is 13.8 Å². The highest BCUT2D eigenvalue weighted by Crippen LogP contribution is 2.39.